The molecule has 0 spiro atoms. The van der Waals surface area contributed by atoms with Crippen LogP contribution in [0.4, 0.5) is 0 Å². The Hall–Kier alpha value is -1.74. The number of aromatic hydroxyl groups is 1. The third-order valence-corrected chi connectivity index (χ3v) is 2.39. The molecule has 0 aromatic heterocycles. The van der Waals surface area contributed by atoms with Crippen LogP contribution in [0.25, 0.3) is 10.8 Å². The quantitative estimate of drug-likeness (QED) is 0.774. The largest absolute Gasteiger partial charge is 0.504 e. The first-order valence-corrected chi connectivity index (χ1v) is 5.26. The van der Waals surface area contributed by atoms with E-state index < -0.39 is 0 Å². The fraction of sp³-hybridized carbons (Fsp3) is 0.231. The molecule has 0 aliphatic rings. The molecule has 0 radical (unpaired) electrons. The van der Waals surface area contributed by atoms with Gasteiger partial charge in [-0.1, -0.05) is 24.3 Å². The number of phenolic OH excluding ortho intramolecular Hbond substituents is 1. The summed E-state index contributed by atoms with van der Waals surface area (Å²) < 4.78 is 5.38. The first-order valence-electron chi connectivity index (χ1n) is 5.26. The molecule has 2 rings (SSSR count). The van der Waals surface area contributed by atoms with Crippen molar-refractivity contribution in [1.82, 2.24) is 0 Å². The molecule has 0 bridgehead atoms. The van der Waals surface area contributed by atoms with Crippen molar-refractivity contribution >= 4 is 10.8 Å². The summed E-state index contributed by atoms with van der Waals surface area (Å²) >= 11 is 0. The van der Waals surface area contributed by atoms with Crippen LogP contribution in [-0.4, -0.2) is 23.4 Å². The van der Waals surface area contributed by atoms with E-state index in [4.69, 9.17) is 9.84 Å². The Bertz CT molecular complexity index is 480. The fourth-order valence-corrected chi connectivity index (χ4v) is 1.57. The lowest BCUT2D eigenvalue weighted by molar-refractivity contribution is 0.229. The lowest BCUT2D eigenvalue weighted by Crippen LogP contribution is -1.99. The number of hydrogen-bond acceptors (Lipinski definition) is 3. The Morgan fingerprint density at radius 1 is 1.06 bits per heavy atom. The van der Waals surface area contributed by atoms with Gasteiger partial charge in [0.05, 0.1) is 6.61 Å². The Kier molecular flexibility index (Phi) is 3.27. The first kappa shape index (κ1) is 10.8. The zero-order valence-corrected chi connectivity index (χ0v) is 8.89. The maximum absolute atomic E-state index is 9.72. The zero-order valence-electron chi connectivity index (χ0n) is 8.89. The van der Waals surface area contributed by atoms with Crippen molar-refractivity contribution in [2.75, 3.05) is 13.2 Å². The molecule has 84 valence electrons. The molecule has 0 unspecified atom stereocenters. The van der Waals surface area contributed by atoms with E-state index in [2.05, 4.69) is 0 Å². The summed E-state index contributed by atoms with van der Waals surface area (Å²) in [5.41, 5.74) is 0. The Balaban J connectivity index is 2.27. The van der Waals surface area contributed by atoms with Crippen LogP contribution < -0.4 is 4.74 Å². The second kappa shape index (κ2) is 4.86. The summed E-state index contributed by atoms with van der Waals surface area (Å²) in [4.78, 5) is 0. The van der Waals surface area contributed by atoms with Crippen molar-refractivity contribution in [3.63, 3.8) is 0 Å². The maximum atomic E-state index is 9.72. The lowest BCUT2D eigenvalue weighted by atomic mass is 10.1. The number of fused-ring (bicyclic) bond motifs is 1. The molecular formula is C13H14O3. The minimum Gasteiger partial charge on any atom is -0.504 e. The van der Waals surface area contributed by atoms with Gasteiger partial charge in [-0.2, -0.15) is 0 Å². The fourth-order valence-electron chi connectivity index (χ4n) is 1.57. The van der Waals surface area contributed by atoms with Crippen molar-refractivity contribution in [2.45, 2.75) is 6.42 Å². The molecule has 2 N–H and O–H groups in total. The highest BCUT2D eigenvalue weighted by molar-refractivity contribution is 5.85. The van der Waals surface area contributed by atoms with Crippen molar-refractivity contribution in [3.05, 3.63) is 36.4 Å². The Morgan fingerprint density at radius 2 is 1.75 bits per heavy atom. The highest BCUT2D eigenvalue weighted by Gasteiger charge is 2.04. The van der Waals surface area contributed by atoms with Crippen molar-refractivity contribution < 1.29 is 14.9 Å². The van der Waals surface area contributed by atoms with Gasteiger partial charge in [0, 0.05) is 13.0 Å². The van der Waals surface area contributed by atoms with Gasteiger partial charge >= 0.3 is 0 Å². The average Bonchev–Trinajstić information content (AvgIpc) is 2.30. The van der Waals surface area contributed by atoms with Crippen molar-refractivity contribution in [2.24, 2.45) is 0 Å². The van der Waals surface area contributed by atoms with Crippen LogP contribution in [-0.2, 0) is 0 Å². The molecule has 3 heteroatoms. The molecule has 0 amide bonds. The average molecular weight is 218 g/mol. The predicted molar refractivity (Wildman–Crippen MR) is 62.8 cm³/mol. The zero-order chi connectivity index (χ0) is 11.4. The summed E-state index contributed by atoms with van der Waals surface area (Å²) in [5.74, 6) is 0.601. The molecular weight excluding hydrogens is 204 g/mol. The van der Waals surface area contributed by atoms with Gasteiger partial charge in [0.15, 0.2) is 11.5 Å². The van der Waals surface area contributed by atoms with E-state index in [-0.39, 0.29) is 12.4 Å². The molecule has 0 saturated heterocycles. The molecule has 0 atom stereocenters. The van der Waals surface area contributed by atoms with Gasteiger partial charge in [-0.05, 0) is 22.9 Å². The highest BCUT2D eigenvalue weighted by atomic mass is 16.5. The van der Waals surface area contributed by atoms with Crippen molar-refractivity contribution in [1.29, 1.82) is 0 Å². The van der Waals surface area contributed by atoms with E-state index in [9.17, 15) is 5.11 Å². The van der Waals surface area contributed by atoms with Gasteiger partial charge in [0.2, 0.25) is 0 Å². The molecule has 0 saturated carbocycles. The number of benzene rings is 2. The lowest BCUT2D eigenvalue weighted by Gasteiger charge is -2.08. The number of aliphatic hydroxyl groups is 1. The van der Waals surface area contributed by atoms with Crippen LogP contribution in [0.15, 0.2) is 36.4 Å². The molecule has 16 heavy (non-hydrogen) atoms. The normalized spacial score (nSPS) is 10.6. The van der Waals surface area contributed by atoms with Gasteiger partial charge in [0.1, 0.15) is 0 Å². The number of ether oxygens (including phenoxy) is 1. The molecule has 2 aromatic carbocycles. The third-order valence-electron chi connectivity index (χ3n) is 2.39. The first-order chi connectivity index (χ1) is 7.81. The summed E-state index contributed by atoms with van der Waals surface area (Å²) in [6.07, 6.45) is 0.562. The van der Waals surface area contributed by atoms with Crippen LogP contribution in [0.1, 0.15) is 6.42 Å². The second-order valence-electron chi connectivity index (χ2n) is 3.59. The predicted octanol–water partition coefficient (Wildman–Crippen LogP) is 2.31. The number of phenols is 1. The standard InChI is InChI=1S/C13H14O3/c14-6-3-7-16-13-9-11-5-2-1-4-10(11)8-12(13)15/h1-2,4-5,8-9,14-15H,3,6-7H2. The number of aliphatic hydroxyl groups excluding tert-OH is 1. The summed E-state index contributed by atoms with van der Waals surface area (Å²) in [5, 5.41) is 20.4. The van der Waals surface area contributed by atoms with E-state index in [0.29, 0.717) is 18.8 Å². The molecule has 0 heterocycles. The summed E-state index contributed by atoms with van der Waals surface area (Å²) in [6, 6.07) is 11.3. The van der Waals surface area contributed by atoms with E-state index in [1.165, 1.54) is 0 Å². The molecule has 0 fully saturated rings. The van der Waals surface area contributed by atoms with Crippen LogP contribution in [0, 0.1) is 0 Å². The van der Waals surface area contributed by atoms with E-state index in [1.54, 1.807) is 6.07 Å². The second-order valence-corrected chi connectivity index (χ2v) is 3.59. The molecule has 0 aliphatic heterocycles. The van der Waals surface area contributed by atoms with Crippen LogP contribution >= 0.6 is 0 Å². The minimum atomic E-state index is 0.0916. The smallest absolute Gasteiger partial charge is 0.161 e. The van der Waals surface area contributed by atoms with E-state index in [1.807, 2.05) is 30.3 Å². The molecule has 0 aliphatic carbocycles. The monoisotopic (exact) mass is 218 g/mol. The van der Waals surface area contributed by atoms with Crippen LogP contribution in [0.3, 0.4) is 0 Å². The van der Waals surface area contributed by atoms with Gasteiger partial charge in [-0.3, -0.25) is 0 Å². The Labute approximate surface area is 93.9 Å². The van der Waals surface area contributed by atoms with E-state index in [0.717, 1.165) is 10.8 Å². The van der Waals surface area contributed by atoms with Gasteiger partial charge in [0.25, 0.3) is 0 Å². The van der Waals surface area contributed by atoms with E-state index >= 15 is 0 Å². The van der Waals surface area contributed by atoms with Gasteiger partial charge in [-0.25, -0.2) is 0 Å². The van der Waals surface area contributed by atoms with Crippen molar-refractivity contribution in [3.8, 4) is 11.5 Å². The van der Waals surface area contributed by atoms with Crippen LogP contribution in [0.5, 0.6) is 11.5 Å². The Morgan fingerprint density at radius 3 is 2.44 bits per heavy atom. The maximum Gasteiger partial charge on any atom is 0.161 e. The third kappa shape index (κ3) is 2.25. The SMILES string of the molecule is OCCCOc1cc2ccccc2cc1O. The van der Waals surface area contributed by atoms with Gasteiger partial charge < -0.3 is 14.9 Å². The molecule has 2 aromatic rings. The van der Waals surface area contributed by atoms with Gasteiger partial charge in [-0.15, -0.1) is 0 Å². The number of hydrogen-bond donors (Lipinski definition) is 2. The molecule has 3 nitrogen and oxygen atoms in total. The summed E-state index contributed by atoms with van der Waals surface area (Å²) in [7, 11) is 0. The highest BCUT2D eigenvalue weighted by Crippen LogP contribution is 2.31. The number of rotatable bonds is 4. The minimum absolute atomic E-state index is 0.0916. The van der Waals surface area contributed by atoms with Crippen LogP contribution in [0.2, 0.25) is 0 Å². The topological polar surface area (TPSA) is 49.7 Å². The summed E-state index contributed by atoms with van der Waals surface area (Å²) in [6.45, 7) is 0.497.